The molecule has 5 heavy (non-hydrogen) atoms. The Morgan fingerprint density at radius 3 is 2.20 bits per heavy atom. The molecule has 0 saturated carbocycles. The third kappa shape index (κ3) is 4.01. The van der Waals surface area contributed by atoms with Gasteiger partial charge in [0.15, 0.2) is 0 Å². The van der Waals surface area contributed by atoms with Gasteiger partial charge >= 0.3 is 6.56 Å². The van der Waals surface area contributed by atoms with Gasteiger partial charge in [0.2, 0.25) is 0 Å². The average Bonchev–Trinajstić information content (AvgIpc) is 1.38. The molecule has 0 radical (unpaired) electrons. The predicted molar refractivity (Wildman–Crippen MR) is 22.6 cm³/mol. The normalized spacial score (nSPS) is 6.80. The molecule has 0 bridgehead atoms. The quantitative estimate of drug-likeness (QED) is 0.280. The lowest BCUT2D eigenvalue weighted by atomic mass is 10.2. The number of carbonyl (C=O) groups is 1. The summed E-state index contributed by atoms with van der Waals surface area (Å²) in [5, 5.41) is 0. The number of halogens is 1. The van der Waals surface area contributed by atoms with Crippen molar-refractivity contribution in [1.82, 2.24) is 0 Å². The first-order valence-corrected chi connectivity index (χ1v) is 1.70. The van der Waals surface area contributed by atoms with E-state index in [1.165, 1.54) is 0 Å². The largest absolute Gasteiger partial charge is 0.312 e. The van der Waals surface area contributed by atoms with Crippen molar-refractivity contribution in [3.8, 4) is 0 Å². The Bertz CT molecular complexity index is 46.9. The summed E-state index contributed by atoms with van der Waals surface area (Å²) in [7, 11) is 0. The fourth-order valence-electron chi connectivity index (χ4n) is 0. The minimum atomic E-state index is -1.38. The SMILES string of the molecule is O=C(F)BS. The van der Waals surface area contributed by atoms with E-state index < -0.39 is 5.94 Å². The number of thiol groups is 1. The van der Waals surface area contributed by atoms with Gasteiger partial charge in [0.25, 0.3) is 5.94 Å². The molecule has 0 aliphatic carbocycles. The number of rotatable bonds is 1. The molecule has 0 unspecified atom stereocenters. The van der Waals surface area contributed by atoms with E-state index >= 15 is 0 Å². The lowest BCUT2D eigenvalue weighted by Crippen LogP contribution is -1.86. The molecule has 0 spiro atoms. The van der Waals surface area contributed by atoms with E-state index in [9.17, 15) is 4.39 Å². The van der Waals surface area contributed by atoms with Gasteiger partial charge in [0.05, 0.1) is 0 Å². The Hall–Kier alpha value is 0.0149. The van der Waals surface area contributed by atoms with Gasteiger partial charge in [-0.1, -0.05) is 0 Å². The highest BCUT2D eigenvalue weighted by molar-refractivity contribution is 8.09. The fraction of sp³-hybridized carbons (Fsp3) is 0. The van der Waals surface area contributed by atoms with Crippen LogP contribution in [0.25, 0.3) is 0 Å². The molecule has 0 aromatic heterocycles. The summed E-state index contributed by atoms with van der Waals surface area (Å²) in [4.78, 5) is 9.07. The second-order valence-corrected chi connectivity index (χ2v) is 0.829. The van der Waals surface area contributed by atoms with Gasteiger partial charge in [-0.15, -0.1) is 0 Å². The summed E-state index contributed by atoms with van der Waals surface area (Å²) in [6, 6.07) is 0. The lowest BCUT2D eigenvalue weighted by Gasteiger charge is -1.62. The van der Waals surface area contributed by atoms with Crippen LogP contribution in [0.3, 0.4) is 0 Å². The van der Waals surface area contributed by atoms with Crippen molar-refractivity contribution in [2.24, 2.45) is 0 Å². The van der Waals surface area contributed by atoms with E-state index in [0.29, 0.717) is 0 Å². The Morgan fingerprint density at radius 1 is 2.00 bits per heavy atom. The van der Waals surface area contributed by atoms with Gasteiger partial charge in [-0.25, -0.2) is 12.5 Å². The molecular weight excluding hydrogens is 89.9 g/mol. The van der Waals surface area contributed by atoms with Crippen molar-refractivity contribution < 1.29 is 9.18 Å². The lowest BCUT2D eigenvalue weighted by molar-refractivity contribution is 0.243. The summed E-state index contributed by atoms with van der Waals surface area (Å²) in [5.74, 6) is -1.38. The molecule has 28 valence electrons. The summed E-state index contributed by atoms with van der Waals surface area (Å²) in [5.41, 5.74) is 0. The Morgan fingerprint density at radius 2 is 2.20 bits per heavy atom. The van der Waals surface area contributed by atoms with E-state index in [0.717, 1.165) is 0 Å². The number of carbonyl (C=O) groups excluding carboxylic acids is 1. The molecule has 0 saturated heterocycles. The van der Waals surface area contributed by atoms with Crippen LogP contribution in [-0.4, -0.2) is 12.5 Å². The van der Waals surface area contributed by atoms with Crippen molar-refractivity contribution in [1.29, 1.82) is 0 Å². The maximum Gasteiger partial charge on any atom is 0.312 e. The number of hydrogen-bond donors (Lipinski definition) is 1. The monoisotopic (exact) mass is 92.0 g/mol. The van der Waals surface area contributed by atoms with Crippen LogP contribution < -0.4 is 0 Å². The van der Waals surface area contributed by atoms with Crippen molar-refractivity contribution in [3.63, 3.8) is 0 Å². The van der Waals surface area contributed by atoms with Crippen LogP contribution in [0.1, 0.15) is 0 Å². The molecule has 1 nitrogen and oxygen atoms in total. The standard InChI is InChI=1S/CH2BFOS/c3-1(4)2-5/h2,5H. The molecule has 4 heteroatoms. The molecule has 0 N–H and O–H groups in total. The third-order valence-electron chi connectivity index (χ3n) is 0.124. The fourth-order valence-corrected chi connectivity index (χ4v) is 0. The molecule has 0 fully saturated rings. The Kier molecular flexibility index (Phi) is 2.27. The first-order chi connectivity index (χ1) is 2.27. The number of hydrogen-bond acceptors (Lipinski definition) is 2. The van der Waals surface area contributed by atoms with Crippen LogP contribution in [0.2, 0.25) is 0 Å². The highest BCUT2D eigenvalue weighted by atomic mass is 32.1. The van der Waals surface area contributed by atoms with Crippen molar-refractivity contribution in [3.05, 3.63) is 0 Å². The third-order valence-corrected chi connectivity index (χ3v) is 0.373. The topological polar surface area (TPSA) is 17.1 Å². The van der Waals surface area contributed by atoms with Crippen LogP contribution in [0.5, 0.6) is 0 Å². The zero-order valence-electron chi connectivity index (χ0n) is 2.44. The van der Waals surface area contributed by atoms with Gasteiger partial charge in [-0.2, -0.15) is 4.39 Å². The van der Waals surface area contributed by atoms with Gasteiger partial charge in [0, 0.05) is 0 Å². The highest BCUT2D eigenvalue weighted by Gasteiger charge is 1.89. The molecular formula is CH2BFOS. The van der Waals surface area contributed by atoms with Gasteiger partial charge in [0.1, 0.15) is 0 Å². The molecule has 0 amide bonds. The summed E-state index contributed by atoms with van der Waals surface area (Å²) >= 11 is 3.29. The van der Waals surface area contributed by atoms with Crippen LogP contribution in [-0.2, 0) is 0 Å². The van der Waals surface area contributed by atoms with Gasteiger partial charge < -0.3 is 0 Å². The minimum Gasteiger partial charge on any atom is -0.273 e. The van der Waals surface area contributed by atoms with Gasteiger partial charge in [-0.3, -0.25) is 4.79 Å². The first-order valence-electron chi connectivity index (χ1n) is 1.06. The van der Waals surface area contributed by atoms with E-state index in [1.54, 1.807) is 0 Å². The maximum atomic E-state index is 10.7. The second-order valence-electron chi connectivity index (χ2n) is 0.513. The van der Waals surface area contributed by atoms with Crippen LogP contribution in [0, 0.1) is 0 Å². The molecule has 0 heterocycles. The molecule has 0 aliphatic rings. The molecule has 0 aromatic carbocycles. The summed E-state index contributed by atoms with van der Waals surface area (Å²) in [6.07, 6.45) is 0. The molecule has 0 aliphatic heterocycles. The Balaban J connectivity index is 2.85. The first kappa shape index (κ1) is 5.01. The highest BCUT2D eigenvalue weighted by Crippen LogP contribution is 1.73. The Labute approximate surface area is 35.1 Å². The van der Waals surface area contributed by atoms with E-state index in [-0.39, 0.29) is 6.56 Å². The average molecular weight is 91.9 g/mol. The molecule has 0 atom stereocenters. The molecule has 0 aromatic rings. The maximum absolute atomic E-state index is 10.7. The smallest absolute Gasteiger partial charge is 0.273 e. The zero-order chi connectivity index (χ0) is 4.28. The van der Waals surface area contributed by atoms with E-state index in [4.69, 9.17) is 4.79 Å². The van der Waals surface area contributed by atoms with Crippen LogP contribution in [0.4, 0.5) is 9.18 Å². The van der Waals surface area contributed by atoms with E-state index in [2.05, 4.69) is 12.5 Å². The second kappa shape index (κ2) is 2.26. The van der Waals surface area contributed by atoms with Crippen molar-refractivity contribution >= 4 is 25.0 Å². The minimum absolute atomic E-state index is 0.306. The zero-order valence-corrected chi connectivity index (χ0v) is 3.33. The summed E-state index contributed by atoms with van der Waals surface area (Å²) < 4.78 is 10.7. The predicted octanol–water partition coefficient (Wildman–Crippen LogP) is 0.357. The van der Waals surface area contributed by atoms with E-state index in [1.807, 2.05) is 0 Å². The molecule has 0 rings (SSSR count). The van der Waals surface area contributed by atoms with Crippen molar-refractivity contribution in [2.75, 3.05) is 0 Å². The van der Waals surface area contributed by atoms with Crippen LogP contribution in [0.15, 0.2) is 0 Å². The summed E-state index contributed by atoms with van der Waals surface area (Å²) in [6.45, 7) is -0.306. The van der Waals surface area contributed by atoms with Crippen molar-refractivity contribution in [2.45, 2.75) is 0 Å². The van der Waals surface area contributed by atoms with Gasteiger partial charge in [-0.05, 0) is 0 Å². The van der Waals surface area contributed by atoms with Crippen LogP contribution >= 0.6 is 12.5 Å².